The Hall–Kier alpha value is -1.02. The lowest BCUT2D eigenvalue weighted by Crippen LogP contribution is -2.38. The Balaban J connectivity index is 2.08. The molecule has 2 rings (SSSR count). The molecule has 2 heteroatoms. The average Bonchev–Trinajstić information content (AvgIpc) is 2.19. The summed E-state index contributed by atoms with van der Waals surface area (Å²) >= 11 is 0. The van der Waals surface area contributed by atoms with E-state index in [0.29, 0.717) is 0 Å². The lowest BCUT2D eigenvalue weighted by molar-refractivity contribution is 0.154. The Bertz CT molecular complexity index is 260. The van der Waals surface area contributed by atoms with Crippen molar-refractivity contribution in [1.29, 1.82) is 0 Å². The fraction of sp³-hybridized carbons (Fsp3) is 0.455. The molecule has 1 heterocycles. The molecule has 70 valence electrons. The van der Waals surface area contributed by atoms with E-state index in [4.69, 9.17) is 0 Å². The van der Waals surface area contributed by atoms with Crippen molar-refractivity contribution in [2.75, 3.05) is 18.0 Å². The van der Waals surface area contributed by atoms with Crippen molar-refractivity contribution in [3.63, 3.8) is 0 Å². The molecule has 1 unspecified atom stereocenters. The van der Waals surface area contributed by atoms with Gasteiger partial charge in [-0.05, 0) is 25.0 Å². The number of hydrogen-bond acceptors (Lipinski definition) is 2. The van der Waals surface area contributed by atoms with Gasteiger partial charge in [-0.25, -0.2) is 0 Å². The zero-order valence-corrected chi connectivity index (χ0v) is 7.69. The second kappa shape index (κ2) is 3.79. The Kier molecular flexibility index (Phi) is 2.50. The normalized spacial score (nSPS) is 23.2. The summed E-state index contributed by atoms with van der Waals surface area (Å²) in [6.07, 6.45) is 1.90. The summed E-state index contributed by atoms with van der Waals surface area (Å²) in [4.78, 5) is 2.24. The number of piperidine rings is 1. The number of hydrogen-bond donors (Lipinski definition) is 1. The monoisotopic (exact) mass is 177 g/mol. The molecule has 0 bridgehead atoms. The first-order valence-corrected chi connectivity index (χ1v) is 4.84. The van der Waals surface area contributed by atoms with E-state index in [-0.39, 0.29) is 6.10 Å². The van der Waals surface area contributed by atoms with E-state index in [2.05, 4.69) is 17.0 Å². The number of benzene rings is 1. The summed E-state index contributed by atoms with van der Waals surface area (Å²) in [5, 5.41) is 9.50. The van der Waals surface area contributed by atoms with Crippen molar-refractivity contribution in [3.8, 4) is 0 Å². The molecular formula is C11H15NO. The van der Waals surface area contributed by atoms with Crippen LogP contribution >= 0.6 is 0 Å². The molecule has 0 saturated carbocycles. The molecule has 1 N–H and O–H groups in total. The first-order chi connectivity index (χ1) is 6.36. The Morgan fingerprint density at radius 2 is 2.00 bits per heavy atom. The van der Waals surface area contributed by atoms with E-state index in [1.165, 1.54) is 5.69 Å². The first-order valence-electron chi connectivity index (χ1n) is 4.84. The minimum atomic E-state index is -0.144. The second-order valence-electron chi connectivity index (χ2n) is 3.58. The minimum absolute atomic E-state index is 0.144. The van der Waals surface area contributed by atoms with Crippen LogP contribution in [0.25, 0.3) is 0 Å². The first kappa shape index (κ1) is 8.57. The van der Waals surface area contributed by atoms with Crippen LogP contribution in [0.1, 0.15) is 12.8 Å². The summed E-state index contributed by atoms with van der Waals surface area (Å²) in [7, 11) is 0. The highest BCUT2D eigenvalue weighted by Crippen LogP contribution is 2.18. The van der Waals surface area contributed by atoms with Crippen molar-refractivity contribution >= 4 is 5.69 Å². The topological polar surface area (TPSA) is 23.5 Å². The van der Waals surface area contributed by atoms with E-state index in [1.54, 1.807) is 0 Å². The molecule has 1 aromatic carbocycles. The zero-order chi connectivity index (χ0) is 9.10. The van der Waals surface area contributed by atoms with Crippen LogP contribution < -0.4 is 4.90 Å². The maximum Gasteiger partial charge on any atom is 0.0715 e. The van der Waals surface area contributed by atoms with Crippen LogP contribution in [0.15, 0.2) is 30.3 Å². The molecular weight excluding hydrogens is 162 g/mol. The predicted octanol–water partition coefficient (Wildman–Crippen LogP) is 1.65. The predicted molar refractivity (Wildman–Crippen MR) is 53.9 cm³/mol. The average molecular weight is 177 g/mol. The fourth-order valence-corrected chi connectivity index (χ4v) is 1.83. The van der Waals surface area contributed by atoms with Crippen LogP contribution in [-0.2, 0) is 0 Å². The highest BCUT2D eigenvalue weighted by Gasteiger charge is 2.17. The zero-order valence-electron chi connectivity index (χ0n) is 7.69. The molecule has 1 aliphatic rings. The molecule has 0 aromatic heterocycles. The number of nitrogens with zero attached hydrogens (tertiary/aromatic N) is 1. The number of aliphatic hydroxyl groups excluding tert-OH is 1. The maximum atomic E-state index is 9.50. The van der Waals surface area contributed by atoms with Crippen LogP contribution in [0.2, 0.25) is 0 Å². The van der Waals surface area contributed by atoms with E-state index in [0.717, 1.165) is 25.9 Å². The van der Waals surface area contributed by atoms with Gasteiger partial charge in [0.2, 0.25) is 0 Å². The van der Waals surface area contributed by atoms with Gasteiger partial charge >= 0.3 is 0 Å². The Morgan fingerprint density at radius 1 is 1.23 bits per heavy atom. The highest BCUT2D eigenvalue weighted by molar-refractivity contribution is 5.46. The maximum absolute atomic E-state index is 9.50. The standard InChI is InChI=1S/C11H15NO/c13-11-7-4-8-12(9-11)10-5-2-1-3-6-10/h1-3,5-6,11,13H,4,7-9H2. The summed E-state index contributed by atoms with van der Waals surface area (Å²) in [6.45, 7) is 1.85. The third-order valence-electron chi connectivity index (χ3n) is 2.52. The van der Waals surface area contributed by atoms with Gasteiger partial charge in [0.1, 0.15) is 0 Å². The van der Waals surface area contributed by atoms with Crippen molar-refractivity contribution in [2.24, 2.45) is 0 Å². The SMILES string of the molecule is OC1CCCN(c2ccccc2)C1. The highest BCUT2D eigenvalue weighted by atomic mass is 16.3. The molecule has 1 aliphatic heterocycles. The number of anilines is 1. The van der Waals surface area contributed by atoms with Crippen molar-refractivity contribution in [1.82, 2.24) is 0 Å². The molecule has 0 radical (unpaired) electrons. The van der Waals surface area contributed by atoms with E-state index in [1.807, 2.05) is 18.2 Å². The van der Waals surface area contributed by atoms with Crippen LogP contribution in [0.4, 0.5) is 5.69 Å². The molecule has 1 atom stereocenters. The third-order valence-corrected chi connectivity index (χ3v) is 2.52. The number of para-hydroxylation sites is 1. The Labute approximate surface area is 78.8 Å². The van der Waals surface area contributed by atoms with Gasteiger partial charge in [0, 0.05) is 18.8 Å². The van der Waals surface area contributed by atoms with Crippen LogP contribution in [0.3, 0.4) is 0 Å². The largest absolute Gasteiger partial charge is 0.391 e. The minimum Gasteiger partial charge on any atom is -0.391 e. The van der Waals surface area contributed by atoms with E-state index < -0.39 is 0 Å². The molecule has 1 aromatic rings. The molecule has 0 aliphatic carbocycles. The molecule has 1 saturated heterocycles. The summed E-state index contributed by atoms with van der Waals surface area (Å²) < 4.78 is 0. The van der Waals surface area contributed by atoms with Gasteiger partial charge in [-0.15, -0.1) is 0 Å². The molecule has 0 spiro atoms. The summed E-state index contributed by atoms with van der Waals surface area (Å²) in [5.74, 6) is 0. The molecule has 13 heavy (non-hydrogen) atoms. The summed E-state index contributed by atoms with van der Waals surface area (Å²) in [6, 6.07) is 10.3. The second-order valence-corrected chi connectivity index (χ2v) is 3.58. The summed E-state index contributed by atoms with van der Waals surface area (Å²) in [5.41, 5.74) is 1.22. The fourth-order valence-electron chi connectivity index (χ4n) is 1.83. The number of rotatable bonds is 1. The molecule has 2 nitrogen and oxygen atoms in total. The van der Waals surface area contributed by atoms with Gasteiger partial charge in [0.15, 0.2) is 0 Å². The lowest BCUT2D eigenvalue weighted by atomic mass is 10.1. The third kappa shape index (κ3) is 2.01. The lowest BCUT2D eigenvalue weighted by Gasteiger charge is -2.31. The van der Waals surface area contributed by atoms with Gasteiger partial charge in [0.25, 0.3) is 0 Å². The van der Waals surface area contributed by atoms with Crippen LogP contribution in [0.5, 0.6) is 0 Å². The molecule has 1 fully saturated rings. The smallest absolute Gasteiger partial charge is 0.0715 e. The van der Waals surface area contributed by atoms with Crippen molar-refractivity contribution in [2.45, 2.75) is 18.9 Å². The van der Waals surface area contributed by atoms with Crippen molar-refractivity contribution in [3.05, 3.63) is 30.3 Å². The number of β-amino-alcohol motifs (C(OH)–C–C–N with tert-alkyl or cyclic N) is 1. The number of aliphatic hydroxyl groups is 1. The van der Waals surface area contributed by atoms with Gasteiger partial charge in [-0.2, -0.15) is 0 Å². The quantitative estimate of drug-likeness (QED) is 0.705. The van der Waals surface area contributed by atoms with Gasteiger partial charge in [-0.3, -0.25) is 0 Å². The van der Waals surface area contributed by atoms with E-state index >= 15 is 0 Å². The van der Waals surface area contributed by atoms with Crippen molar-refractivity contribution < 1.29 is 5.11 Å². The van der Waals surface area contributed by atoms with Crippen LogP contribution in [0, 0.1) is 0 Å². The van der Waals surface area contributed by atoms with Gasteiger partial charge in [0.05, 0.1) is 6.10 Å². The Morgan fingerprint density at radius 3 is 2.69 bits per heavy atom. The van der Waals surface area contributed by atoms with Crippen LogP contribution in [-0.4, -0.2) is 24.3 Å². The van der Waals surface area contributed by atoms with Gasteiger partial charge in [-0.1, -0.05) is 18.2 Å². The molecule has 0 amide bonds. The van der Waals surface area contributed by atoms with Gasteiger partial charge < -0.3 is 10.0 Å². The van der Waals surface area contributed by atoms with E-state index in [9.17, 15) is 5.11 Å².